The third-order valence-electron chi connectivity index (χ3n) is 5.62. The van der Waals surface area contributed by atoms with Crippen molar-refractivity contribution in [3.63, 3.8) is 0 Å². The van der Waals surface area contributed by atoms with Crippen LogP contribution < -0.4 is 0 Å². The van der Waals surface area contributed by atoms with E-state index in [1.54, 1.807) is 15.2 Å². The molecule has 1 aliphatic rings. The van der Waals surface area contributed by atoms with Crippen LogP contribution in [0.5, 0.6) is 0 Å². The van der Waals surface area contributed by atoms with Gasteiger partial charge in [-0.15, -0.1) is 0 Å². The molecule has 3 rings (SSSR count). The molecule has 2 aromatic rings. The lowest BCUT2D eigenvalue weighted by Crippen LogP contribution is -2.46. The maximum Gasteiger partial charge on any atom is 0.246 e. The molecule has 0 saturated heterocycles. The Labute approximate surface area is 176 Å². The maximum absolute atomic E-state index is 13.9. The fraction of sp³-hybridized carbons (Fsp3) is 0.609. The van der Waals surface area contributed by atoms with E-state index in [1.165, 1.54) is 6.42 Å². The summed E-state index contributed by atoms with van der Waals surface area (Å²) in [6.07, 6.45) is 7.03. The summed E-state index contributed by atoms with van der Waals surface area (Å²) in [6.45, 7) is 10.6. The number of rotatable bonds is 6. The lowest BCUT2D eigenvalue weighted by atomic mass is 9.92. The van der Waals surface area contributed by atoms with Gasteiger partial charge in [-0.1, -0.05) is 70.4 Å². The first kappa shape index (κ1) is 22.0. The molecule has 1 saturated carbocycles. The van der Waals surface area contributed by atoms with Crippen LogP contribution in [0.15, 0.2) is 41.4 Å². The molecule has 0 aliphatic heterocycles. The lowest BCUT2D eigenvalue weighted by molar-refractivity contribution is 0.219. The summed E-state index contributed by atoms with van der Waals surface area (Å²) >= 11 is 0. The van der Waals surface area contributed by atoms with Gasteiger partial charge >= 0.3 is 0 Å². The zero-order valence-corrected chi connectivity index (χ0v) is 19.2. The second-order valence-corrected chi connectivity index (χ2v) is 11.3. The summed E-state index contributed by atoms with van der Waals surface area (Å²) in [4.78, 5) is 0.361. The average Bonchev–Trinajstić information content (AvgIpc) is 3.08. The number of nitrogens with zero attached hydrogens (tertiary/aromatic N) is 3. The molecule has 29 heavy (non-hydrogen) atoms. The average molecular weight is 418 g/mol. The van der Waals surface area contributed by atoms with E-state index in [0.29, 0.717) is 17.1 Å². The van der Waals surface area contributed by atoms with Crippen LogP contribution in [0, 0.1) is 0 Å². The largest absolute Gasteiger partial charge is 0.267 e. The van der Waals surface area contributed by atoms with E-state index in [9.17, 15) is 8.42 Å². The Morgan fingerprint density at radius 2 is 1.72 bits per heavy atom. The predicted molar refractivity (Wildman–Crippen MR) is 118 cm³/mol. The maximum atomic E-state index is 13.9. The van der Waals surface area contributed by atoms with Gasteiger partial charge in [0.2, 0.25) is 10.0 Å². The second-order valence-electron chi connectivity index (χ2n) is 9.50. The molecule has 0 unspecified atom stereocenters. The monoisotopic (exact) mass is 417 g/mol. The Hall–Kier alpha value is -1.66. The highest BCUT2D eigenvalue weighted by atomic mass is 32.2. The van der Waals surface area contributed by atoms with Gasteiger partial charge in [-0.05, 0) is 32.3 Å². The minimum absolute atomic E-state index is 0.0756. The normalized spacial score (nSPS) is 16.7. The molecule has 160 valence electrons. The molecule has 0 amide bonds. The summed E-state index contributed by atoms with van der Waals surface area (Å²) in [5.74, 6) is 0. The quantitative estimate of drug-likeness (QED) is 0.667. The van der Waals surface area contributed by atoms with Crippen molar-refractivity contribution in [2.24, 2.45) is 0 Å². The number of hydrogen-bond acceptors (Lipinski definition) is 3. The summed E-state index contributed by atoms with van der Waals surface area (Å²) in [5.41, 5.74) is 1.39. The molecule has 1 heterocycles. The summed E-state index contributed by atoms with van der Waals surface area (Å²) < 4.78 is 31.3. The first-order valence-corrected chi connectivity index (χ1v) is 12.2. The van der Waals surface area contributed by atoms with Crippen molar-refractivity contribution in [3.8, 4) is 0 Å². The molecule has 1 aliphatic carbocycles. The van der Waals surface area contributed by atoms with Crippen LogP contribution in [-0.4, -0.2) is 34.6 Å². The van der Waals surface area contributed by atoms with Crippen LogP contribution in [0.4, 0.5) is 0 Å². The van der Waals surface area contributed by atoms with E-state index in [4.69, 9.17) is 5.10 Å². The highest BCUT2D eigenvalue weighted by molar-refractivity contribution is 7.89. The number of hydrogen-bond donors (Lipinski definition) is 0. The van der Waals surface area contributed by atoms with Crippen molar-refractivity contribution >= 4 is 10.0 Å². The Balaban J connectivity index is 2.04. The van der Waals surface area contributed by atoms with Crippen molar-refractivity contribution in [1.29, 1.82) is 0 Å². The third kappa shape index (κ3) is 4.92. The Morgan fingerprint density at radius 3 is 2.28 bits per heavy atom. The first-order valence-electron chi connectivity index (χ1n) is 10.8. The van der Waals surface area contributed by atoms with Crippen LogP contribution in [-0.2, 0) is 22.0 Å². The first-order chi connectivity index (χ1) is 13.6. The summed E-state index contributed by atoms with van der Waals surface area (Å²) in [7, 11) is -3.64. The summed E-state index contributed by atoms with van der Waals surface area (Å²) in [6, 6.07) is 10.0. The van der Waals surface area contributed by atoms with Gasteiger partial charge in [-0.25, -0.2) is 8.42 Å². The zero-order chi connectivity index (χ0) is 21.2. The van der Waals surface area contributed by atoms with E-state index in [1.807, 2.05) is 65.0 Å². The topological polar surface area (TPSA) is 55.2 Å². The van der Waals surface area contributed by atoms with Crippen LogP contribution in [0.25, 0.3) is 0 Å². The van der Waals surface area contributed by atoms with Crippen LogP contribution in [0.1, 0.15) is 78.0 Å². The smallest absolute Gasteiger partial charge is 0.246 e. The van der Waals surface area contributed by atoms with E-state index < -0.39 is 10.0 Å². The predicted octanol–water partition coefficient (Wildman–Crippen LogP) is 4.96. The Bertz CT molecular complexity index is 905. The molecular formula is C23H35N3O2S. The van der Waals surface area contributed by atoms with Gasteiger partial charge in [0.05, 0.1) is 12.2 Å². The molecule has 0 atom stereocenters. The minimum Gasteiger partial charge on any atom is -0.267 e. The highest BCUT2D eigenvalue weighted by Gasteiger charge is 2.39. The van der Waals surface area contributed by atoms with Gasteiger partial charge in [-0.2, -0.15) is 9.40 Å². The molecule has 1 fully saturated rings. The summed E-state index contributed by atoms with van der Waals surface area (Å²) in [5, 5.41) is 4.74. The third-order valence-corrected chi connectivity index (χ3v) is 7.75. The molecule has 0 spiro atoms. The molecule has 6 heteroatoms. The van der Waals surface area contributed by atoms with Gasteiger partial charge in [-0.3, -0.25) is 4.68 Å². The SMILES string of the molecule is CC(C)N(C1CCCCC1)S(=O)(=O)c1cn(Cc2ccccc2)nc1C(C)(C)C. The van der Waals surface area contributed by atoms with E-state index in [0.717, 1.165) is 31.2 Å². The number of benzene rings is 1. The molecule has 0 bridgehead atoms. The Morgan fingerprint density at radius 1 is 1.10 bits per heavy atom. The molecule has 1 aromatic heterocycles. The fourth-order valence-electron chi connectivity index (χ4n) is 4.31. The lowest BCUT2D eigenvalue weighted by Gasteiger charge is -2.36. The number of aromatic nitrogens is 2. The van der Waals surface area contributed by atoms with Crippen molar-refractivity contribution in [3.05, 3.63) is 47.8 Å². The van der Waals surface area contributed by atoms with E-state index in [-0.39, 0.29) is 17.5 Å². The van der Waals surface area contributed by atoms with Gasteiger partial charge < -0.3 is 0 Å². The molecular weight excluding hydrogens is 382 g/mol. The van der Waals surface area contributed by atoms with Gasteiger partial charge in [0.1, 0.15) is 4.90 Å². The molecule has 1 aromatic carbocycles. The minimum atomic E-state index is -3.64. The zero-order valence-electron chi connectivity index (χ0n) is 18.4. The highest BCUT2D eigenvalue weighted by Crippen LogP contribution is 2.34. The van der Waals surface area contributed by atoms with E-state index >= 15 is 0 Å². The van der Waals surface area contributed by atoms with Gasteiger partial charge in [0.15, 0.2) is 0 Å². The van der Waals surface area contributed by atoms with Crippen molar-refractivity contribution in [1.82, 2.24) is 14.1 Å². The van der Waals surface area contributed by atoms with E-state index in [2.05, 4.69) is 0 Å². The molecule has 5 nitrogen and oxygen atoms in total. The fourth-order valence-corrected chi connectivity index (χ4v) is 6.54. The van der Waals surface area contributed by atoms with Crippen LogP contribution in [0.2, 0.25) is 0 Å². The van der Waals surface area contributed by atoms with Crippen molar-refractivity contribution in [2.45, 2.75) is 95.7 Å². The van der Waals surface area contributed by atoms with Gasteiger partial charge in [0, 0.05) is 23.7 Å². The van der Waals surface area contributed by atoms with Crippen molar-refractivity contribution < 1.29 is 8.42 Å². The molecule has 0 N–H and O–H groups in total. The van der Waals surface area contributed by atoms with Crippen molar-refractivity contribution in [2.75, 3.05) is 0 Å². The molecule has 0 radical (unpaired) electrons. The standard InChI is InChI=1S/C23H35N3O2S/c1-18(2)26(20-14-10-7-11-15-20)29(27,28)21-17-25(24-22(21)23(3,4)5)16-19-12-8-6-9-13-19/h6,8-9,12-13,17-18,20H,7,10-11,14-16H2,1-5H3. The van der Waals surface area contributed by atoms with Gasteiger partial charge in [0.25, 0.3) is 0 Å². The van der Waals surface area contributed by atoms with Crippen LogP contribution >= 0.6 is 0 Å². The van der Waals surface area contributed by atoms with Crippen LogP contribution in [0.3, 0.4) is 0 Å². The second kappa shape index (κ2) is 8.60. The Kier molecular flexibility index (Phi) is 6.54. The number of sulfonamides is 1.